The average Bonchev–Trinajstić information content (AvgIpc) is 2.87. The first-order valence-corrected chi connectivity index (χ1v) is 12.9. The Morgan fingerprint density at radius 2 is 1.54 bits per heavy atom. The van der Waals surface area contributed by atoms with Gasteiger partial charge in [-0.05, 0) is 105 Å². The highest BCUT2D eigenvalue weighted by Gasteiger charge is 2.21. The Bertz CT molecular complexity index is 1200. The first kappa shape index (κ1) is 25.3. The van der Waals surface area contributed by atoms with Crippen LogP contribution in [0, 0.1) is 29.3 Å². The summed E-state index contributed by atoms with van der Waals surface area (Å²) in [4.78, 5) is 0. The number of hydrogen-bond acceptors (Lipinski definition) is 0. The Morgan fingerprint density at radius 1 is 0.800 bits per heavy atom. The van der Waals surface area contributed by atoms with Gasteiger partial charge in [0.05, 0.1) is 5.39 Å². The lowest BCUT2D eigenvalue weighted by Crippen LogP contribution is -2.13. The summed E-state index contributed by atoms with van der Waals surface area (Å²) in [6.07, 6.45) is 16.7. The Labute approximate surface area is 207 Å². The van der Waals surface area contributed by atoms with Gasteiger partial charge in [-0.25, -0.2) is 13.2 Å². The van der Waals surface area contributed by atoms with Crippen molar-refractivity contribution >= 4 is 10.8 Å². The minimum Gasteiger partial charge on any atom is -0.206 e. The minimum atomic E-state index is -1.11. The van der Waals surface area contributed by atoms with Crippen molar-refractivity contribution in [3.8, 4) is 11.1 Å². The van der Waals surface area contributed by atoms with Crippen molar-refractivity contribution in [1.29, 1.82) is 0 Å². The van der Waals surface area contributed by atoms with Crippen molar-refractivity contribution in [2.45, 2.75) is 65.2 Å². The van der Waals surface area contributed by atoms with E-state index < -0.39 is 17.5 Å². The van der Waals surface area contributed by atoms with E-state index in [2.05, 4.69) is 19.1 Å². The quantitative estimate of drug-likeness (QED) is 0.284. The second kappa shape index (κ2) is 11.7. The summed E-state index contributed by atoms with van der Waals surface area (Å²) in [7, 11) is 0. The van der Waals surface area contributed by atoms with E-state index in [4.69, 9.17) is 0 Å². The van der Waals surface area contributed by atoms with Crippen molar-refractivity contribution < 1.29 is 13.2 Å². The van der Waals surface area contributed by atoms with Crippen molar-refractivity contribution in [3.05, 3.63) is 95.3 Å². The van der Waals surface area contributed by atoms with E-state index >= 15 is 8.78 Å². The number of aryl methyl sites for hydroxylation is 2. The second-order valence-corrected chi connectivity index (χ2v) is 9.84. The van der Waals surface area contributed by atoms with Crippen LogP contribution in [-0.2, 0) is 12.8 Å². The largest absolute Gasteiger partial charge is 0.206 e. The maximum Gasteiger partial charge on any atom is 0.170 e. The van der Waals surface area contributed by atoms with Gasteiger partial charge in [0.25, 0.3) is 0 Å². The van der Waals surface area contributed by atoms with E-state index in [-0.39, 0.29) is 10.9 Å². The van der Waals surface area contributed by atoms with Gasteiger partial charge < -0.3 is 0 Å². The fraction of sp³-hybridized carbons (Fsp3) is 0.375. The van der Waals surface area contributed by atoms with Crippen LogP contribution >= 0.6 is 0 Å². The molecule has 0 saturated heterocycles. The summed E-state index contributed by atoms with van der Waals surface area (Å²) >= 11 is 0. The molecule has 184 valence electrons. The molecular formula is C32H35F3. The maximum atomic E-state index is 15.1. The van der Waals surface area contributed by atoms with Crippen LogP contribution in [0.25, 0.3) is 21.9 Å². The van der Waals surface area contributed by atoms with Gasteiger partial charge in [0.2, 0.25) is 0 Å². The predicted molar refractivity (Wildman–Crippen MR) is 141 cm³/mol. The molecule has 0 N–H and O–H groups in total. The number of hydrogen-bond donors (Lipinski definition) is 0. The van der Waals surface area contributed by atoms with Crippen LogP contribution in [0.3, 0.4) is 0 Å². The zero-order valence-corrected chi connectivity index (χ0v) is 20.8. The zero-order chi connectivity index (χ0) is 24.8. The molecule has 0 atom stereocenters. The molecule has 0 amide bonds. The van der Waals surface area contributed by atoms with Crippen LogP contribution in [0.15, 0.2) is 66.8 Å². The molecule has 1 aliphatic carbocycles. The molecule has 0 aromatic heterocycles. The highest BCUT2D eigenvalue weighted by Crippen LogP contribution is 2.35. The summed E-state index contributed by atoms with van der Waals surface area (Å²) < 4.78 is 45.1. The van der Waals surface area contributed by atoms with Crippen LogP contribution in [0.2, 0.25) is 0 Å². The van der Waals surface area contributed by atoms with E-state index in [9.17, 15) is 4.39 Å². The summed E-state index contributed by atoms with van der Waals surface area (Å²) in [6, 6.07) is 12.6. The zero-order valence-electron chi connectivity index (χ0n) is 20.8. The minimum absolute atomic E-state index is 0.171. The van der Waals surface area contributed by atoms with E-state index in [0.717, 1.165) is 24.7 Å². The second-order valence-electron chi connectivity index (χ2n) is 9.84. The molecule has 1 saturated carbocycles. The smallest absolute Gasteiger partial charge is 0.170 e. The van der Waals surface area contributed by atoms with Crippen LogP contribution in [0.5, 0.6) is 0 Å². The first-order chi connectivity index (χ1) is 17.0. The van der Waals surface area contributed by atoms with E-state index in [1.54, 1.807) is 18.2 Å². The Hall–Kier alpha value is -2.81. The highest BCUT2D eigenvalue weighted by atomic mass is 19.2. The molecule has 0 bridgehead atoms. The number of halogens is 3. The average molecular weight is 477 g/mol. The van der Waals surface area contributed by atoms with Crippen molar-refractivity contribution in [2.24, 2.45) is 11.8 Å². The molecule has 0 heterocycles. The van der Waals surface area contributed by atoms with Gasteiger partial charge in [-0.1, -0.05) is 60.7 Å². The number of rotatable bonds is 8. The predicted octanol–water partition coefficient (Wildman–Crippen LogP) is 9.75. The van der Waals surface area contributed by atoms with Crippen LogP contribution in [0.4, 0.5) is 13.2 Å². The lowest BCUT2D eigenvalue weighted by molar-refractivity contribution is 0.296. The van der Waals surface area contributed by atoms with Crippen molar-refractivity contribution in [1.82, 2.24) is 0 Å². The highest BCUT2D eigenvalue weighted by molar-refractivity contribution is 5.89. The van der Waals surface area contributed by atoms with Gasteiger partial charge in [-0.3, -0.25) is 0 Å². The molecule has 4 rings (SSSR count). The molecule has 3 aromatic rings. The molecular weight excluding hydrogens is 441 g/mol. The normalized spacial score (nSPS) is 18.8. The SMILES string of the molecule is C/C=C/CCc1ccc2cc(-c3ccc(CCC4CCC(/C=C/C)CC4)cc3)c(F)c(F)c2c1F. The lowest BCUT2D eigenvalue weighted by Gasteiger charge is -2.26. The van der Waals surface area contributed by atoms with E-state index in [1.807, 2.05) is 43.3 Å². The molecule has 0 aliphatic heterocycles. The van der Waals surface area contributed by atoms with Gasteiger partial charge in [0.1, 0.15) is 5.82 Å². The Morgan fingerprint density at radius 3 is 2.23 bits per heavy atom. The monoisotopic (exact) mass is 476 g/mol. The number of benzene rings is 3. The third-order valence-corrected chi connectivity index (χ3v) is 7.48. The lowest BCUT2D eigenvalue weighted by atomic mass is 9.79. The summed E-state index contributed by atoms with van der Waals surface area (Å²) in [6.45, 7) is 3.99. The molecule has 3 heteroatoms. The molecule has 0 spiro atoms. The number of fused-ring (bicyclic) bond motifs is 1. The third kappa shape index (κ3) is 5.89. The molecule has 3 aromatic carbocycles. The maximum absolute atomic E-state index is 15.1. The first-order valence-electron chi connectivity index (χ1n) is 12.9. The van der Waals surface area contributed by atoms with E-state index in [1.165, 1.54) is 31.2 Å². The van der Waals surface area contributed by atoms with Crippen LogP contribution in [0.1, 0.15) is 63.5 Å². The van der Waals surface area contributed by atoms with Gasteiger partial charge in [0, 0.05) is 5.56 Å². The molecule has 0 unspecified atom stereocenters. The van der Waals surface area contributed by atoms with Gasteiger partial charge in [0.15, 0.2) is 11.6 Å². The fourth-order valence-electron chi connectivity index (χ4n) is 5.40. The molecule has 0 radical (unpaired) electrons. The van der Waals surface area contributed by atoms with Gasteiger partial charge in [-0.15, -0.1) is 0 Å². The van der Waals surface area contributed by atoms with Crippen molar-refractivity contribution in [3.63, 3.8) is 0 Å². The Kier molecular flexibility index (Phi) is 8.49. The van der Waals surface area contributed by atoms with Crippen molar-refractivity contribution in [2.75, 3.05) is 0 Å². The summed E-state index contributed by atoms with van der Waals surface area (Å²) in [5.74, 6) is -1.26. The summed E-state index contributed by atoms with van der Waals surface area (Å²) in [5.41, 5.74) is 2.39. The number of allylic oxidation sites excluding steroid dienone is 4. The van der Waals surface area contributed by atoms with Crippen LogP contribution < -0.4 is 0 Å². The third-order valence-electron chi connectivity index (χ3n) is 7.48. The molecule has 1 fully saturated rings. The van der Waals surface area contributed by atoms with Gasteiger partial charge in [-0.2, -0.15) is 0 Å². The Balaban J connectivity index is 1.48. The molecule has 35 heavy (non-hydrogen) atoms. The fourth-order valence-corrected chi connectivity index (χ4v) is 5.40. The molecule has 1 aliphatic rings. The van der Waals surface area contributed by atoms with E-state index in [0.29, 0.717) is 29.4 Å². The molecule has 0 nitrogen and oxygen atoms in total. The standard InChI is InChI=1S/C32H35F3/c1-3-5-6-8-26-19-20-27-21-28(31(34)32(35)29(27)30(26)33)25-17-15-24(16-18-25)14-13-23-11-9-22(7-4-2)10-12-23/h3-5,7,15-23H,6,8-14H2,1-2H3/b5-3+,7-4+. The summed E-state index contributed by atoms with van der Waals surface area (Å²) in [5, 5.41) is 0.119. The topological polar surface area (TPSA) is 0 Å². The van der Waals surface area contributed by atoms with Crippen LogP contribution in [-0.4, -0.2) is 0 Å². The van der Waals surface area contributed by atoms with Gasteiger partial charge >= 0.3 is 0 Å².